The van der Waals surface area contributed by atoms with Crippen molar-refractivity contribution in [1.29, 1.82) is 0 Å². The van der Waals surface area contributed by atoms with Gasteiger partial charge in [0.25, 0.3) is 0 Å². The highest BCUT2D eigenvalue weighted by Crippen LogP contribution is 1.93. The molecule has 0 rings (SSSR count). The molecule has 0 saturated carbocycles. The Balaban J connectivity index is 3.58. The van der Waals surface area contributed by atoms with E-state index in [1.807, 2.05) is 6.92 Å². The van der Waals surface area contributed by atoms with E-state index in [0.717, 1.165) is 6.42 Å². The number of carboxylic acids is 1. The first-order valence-corrected chi connectivity index (χ1v) is 4.99. The maximum Gasteiger partial charge on any atom is 0.330 e. The minimum Gasteiger partial charge on any atom is -0.478 e. The molecule has 0 aromatic heterocycles. The van der Waals surface area contributed by atoms with Crippen LogP contribution in [-0.4, -0.2) is 30.2 Å². The van der Waals surface area contributed by atoms with Crippen molar-refractivity contribution >= 4 is 12.0 Å². The lowest BCUT2D eigenvalue weighted by molar-refractivity contribution is -0.132. The first kappa shape index (κ1) is 13.5. The molecular formula is C10H18N2O3. The fourth-order valence-electron chi connectivity index (χ4n) is 0.863. The van der Waals surface area contributed by atoms with Crippen LogP contribution in [-0.2, 0) is 4.79 Å². The van der Waals surface area contributed by atoms with Crippen LogP contribution in [0.1, 0.15) is 26.7 Å². The number of urea groups is 1. The molecule has 0 fully saturated rings. The number of amides is 2. The van der Waals surface area contributed by atoms with Crippen molar-refractivity contribution in [2.45, 2.75) is 26.7 Å². The summed E-state index contributed by atoms with van der Waals surface area (Å²) in [5, 5.41) is 13.8. The molecule has 0 unspecified atom stereocenters. The molecule has 0 bridgehead atoms. The van der Waals surface area contributed by atoms with Gasteiger partial charge >= 0.3 is 12.0 Å². The van der Waals surface area contributed by atoms with Crippen LogP contribution in [0.15, 0.2) is 11.6 Å². The highest BCUT2D eigenvalue weighted by Gasteiger charge is 1.99. The molecule has 5 heteroatoms. The van der Waals surface area contributed by atoms with E-state index >= 15 is 0 Å². The number of carbonyl (C=O) groups excluding carboxylic acids is 1. The minimum absolute atomic E-state index is 0.210. The second-order valence-electron chi connectivity index (χ2n) is 3.16. The van der Waals surface area contributed by atoms with Gasteiger partial charge in [-0.15, -0.1) is 0 Å². The quantitative estimate of drug-likeness (QED) is 0.458. The van der Waals surface area contributed by atoms with Gasteiger partial charge in [0.15, 0.2) is 0 Å². The molecule has 2 amide bonds. The summed E-state index contributed by atoms with van der Waals surface area (Å²) in [6, 6.07) is -0.210. The molecule has 0 spiro atoms. The Morgan fingerprint density at radius 2 is 1.87 bits per heavy atom. The van der Waals surface area contributed by atoms with E-state index in [2.05, 4.69) is 10.6 Å². The Kier molecular flexibility index (Phi) is 7.05. The number of aliphatic carboxylic acids is 1. The molecule has 0 aromatic carbocycles. The fourth-order valence-corrected chi connectivity index (χ4v) is 0.863. The lowest BCUT2D eigenvalue weighted by Gasteiger charge is -2.04. The van der Waals surface area contributed by atoms with E-state index in [1.165, 1.54) is 6.92 Å². The summed E-state index contributed by atoms with van der Waals surface area (Å²) in [6.07, 6.45) is 3.01. The van der Waals surface area contributed by atoms with Crippen LogP contribution in [0.5, 0.6) is 0 Å². The van der Waals surface area contributed by atoms with E-state index in [4.69, 9.17) is 5.11 Å². The van der Waals surface area contributed by atoms with E-state index in [9.17, 15) is 9.59 Å². The van der Waals surface area contributed by atoms with E-state index < -0.39 is 5.97 Å². The number of carboxylic acid groups (broad SMARTS) is 1. The van der Waals surface area contributed by atoms with Gasteiger partial charge in [0.2, 0.25) is 0 Å². The number of nitrogens with one attached hydrogen (secondary N) is 2. The lowest BCUT2D eigenvalue weighted by atomic mass is 10.2. The Hall–Kier alpha value is -1.52. The first-order chi connectivity index (χ1) is 7.07. The van der Waals surface area contributed by atoms with Gasteiger partial charge in [-0.3, -0.25) is 0 Å². The van der Waals surface area contributed by atoms with Gasteiger partial charge in [0.1, 0.15) is 0 Å². The summed E-state index contributed by atoms with van der Waals surface area (Å²) < 4.78 is 0. The summed E-state index contributed by atoms with van der Waals surface area (Å²) in [5.74, 6) is -0.926. The largest absolute Gasteiger partial charge is 0.478 e. The maximum absolute atomic E-state index is 11.0. The van der Waals surface area contributed by atoms with Crippen LogP contribution in [0.25, 0.3) is 0 Å². The normalized spacial score (nSPS) is 10.9. The Morgan fingerprint density at radius 1 is 1.27 bits per heavy atom. The van der Waals surface area contributed by atoms with Gasteiger partial charge < -0.3 is 15.7 Å². The van der Waals surface area contributed by atoms with Crippen molar-refractivity contribution in [3.05, 3.63) is 11.6 Å². The molecule has 0 heterocycles. The van der Waals surface area contributed by atoms with Crippen LogP contribution in [0.4, 0.5) is 4.79 Å². The van der Waals surface area contributed by atoms with Crippen LogP contribution in [0.3, 0.4) is 0 Å². The molecule has 5 nitrogen and oxygen atoms in total. The zero-order chi connectivity index (χ0) is 11.7. The topological polar surface area (TPSA) is 78.4 Å². The first-order valence-electron chi connectivity index (χ1n) is 4.99. The SMILES string of the molecule is CCCNC(=O)NCCC=C(C)C(=O)O. The summed E-state index contributed by atoms with van der Waals surface area (Å²) in [4.78, 5) is 21.4. The van der Waals surface area contributed by atoms with Crippen molar-refractivity contribution < 1.29 is 14.7 Å². The van der Waals surface area contributed by atoms with E-state index in [1.54, 1.807) is 6.08 Å². The van der Waals surface area contributed by atoms with Gasteiger partial charge in [-0.1, -0.05) is 13.0 Å². The summed E-state index contributed by atoms with van der Waals surface area (Å²) in [5.41, 5.74) is 0.297. The molecule has 0 aliphatic rings. The standard InChI is InChI=1S/C10H18N2O3/c1-3-6-11-10(15)12-7-4-5-8(2)9(13)14/h5H,3-4,6-7H2,1-2H3,(H,13,14)(H2,11,12,15). The summed E-state index contributed by atoms with van der Waals surface area (Å²) >= 11 is 0. The highest BCUT2D eigenvalue weighted by molar-refractivity contribution is 5.85. The molecule has 0 saturated heterocycles. The van der Waals surface area contributed by atoms with Gasteiger partial charge in [0, 0.05) is 18.7 Å². The maximum atomic E-state index is 11.0. The number of hydrogen-bond donors (Lipinski definition) is 3. The van der Waals surface area contributed by atoms with E-state index in [-0.39, 0.29) is 6.03 Å². The second-order valence-corrected chi connectivity index (χ2v) is 3.16. The van der Waals surface area contributed by atoms with Gasteiger partial charge in [-0.2, -0.15) is 0 Å². The van der Waals surface area contributed by atoms with Gasteiger partial charge in [-0.25, -0.2) is 9.59 Å². The molecule has 0 aliphatic heterocycles. The van der Waals surface area contributed by atoms with Crippen LogP contribution >= 0.6 is 0 Å². The number of hydrogen-bond acceptors (Lipinski definition) is 2. The number of rotatable bonds is 6. The average Bonchev–Trinajstić information content (AvgIpc) is 2.20. The smallest absolute Gasteiger partial charge is 0.330 e. The highest BCUT2D eigenvalue weighted by atomic mass is 16.4. The van der Waals surface area contributed by atoms with Crippen molar-refractivity contribution in [3.8, 4) is 0 Å². The van der Waals surface area contributed by atoms with Crippen LogP contribution in [0, 0.1) is 0 Å². The second kappa shape index (κ2) is 7.84. The lowest BCUT2D eigenvalue weighted by Crippen LogP contribution is -2.36. The predicted octanol–water partition coefficient (Wildman–Crippen LogP) is 1.12. The predicted molar refractivity (Wildman–Crippen MR) is 57.7 cm³/mol. The van der Waals surface area contributed by atoms with Crippen LogP contribution in [0.2, 0.25) is 0 Å². The minimum atomic E-state index is -0.926. The third kappa shape index (κ3) is 7.54. The molecule has 15 heavy (non-hydrogen) atoms. The molecular weight excluding hydrogens is 196 g/mol. The molecule has 0 aliphatic carbocycles. The molecule has 0 aromatic rings. The zero-order valence-electron chi connectivity index (χ0n) is 9.17. The monoisotopic (exact) mass is 214 g/mol. The Labute approximate surface area is 89.6 Å². The van der Waals surface area contributed by atoms with Crippen molar-refractivity contribution in [1.82, 2.24) is 10.6 Å². The zero-order valence-corrected chi connectivity index (χ0v) is 9.17. The Bertz CT molecular complexity index is 249. The summed E-state index contributed by atoms with van der Waals surface area (Å²) in [7, 11) is 0. The molecule has 0 atom stereocenters. The van der Waals surface area contributed by atoms with Crippen molar-refractivity contribution in [2.24, 2.45) is 0 Å². The molecule has 0 radical (unpaired) electrons. The van der Waals surface area contributed by atoms with Crippen molar-refractivity contribution in [3.63, 3.8) is 0 Å². The third-order valence-electron chi connectivity index (χ3n) is 1.75. The average molecular weight is 214 g/mol. The molecule has 86 valence electrons. The molecule has 3 N–H and O–H groups in total. The van der Waals surface area contributed by atoms with Crippen LogP contribution < -0.4 is 10.6 Å². The van der Waals surface area contributed by atoms with Gasteiger partial charge in [-0.05, 0) is 19.8 Å². The van der Waals surface area contributed by atoms with Crippen molar-refractivity contribution in [2.75, 3.05) is 13.1 Å². The van der Waals surface area contributed by atoms with Gasteiger partial charge in [0.05, 0.1) is 0 Å². The van der Waals surface area contributed by atoms with E-state index in [0.29, 0.717) is 25.1 Å². The Morgan fingerprint density at radius 3 is 2.40 bits per heavy atom. The summed E-state index contributed by atoms with van der Waals surface area (Å²) in [6.45, 7) is 4.59. The third-order valence-corrected chi connectivity index (χ3v) is 1.75. The fraction of sp³-hybridized carbons (Fsp3) is 0.600. The number of carbonyl (C=O) groups is 2.